The lowest BCUT2D eigenvalue weighted by atomic mass is 9.99. The van der Waals surface area contributed by atoms with Gasteiger partial charge in [-0.2, -0.15) is 0 Å². The van der Waals surface area contributed by atoms with Crippen molar-refractivity contribution in [2.45, 2.75) is 144 Å². The standard InChI is InChI=1S/C64H91N19O12S2/c1-80(49(31-38-15-5-3-6-16-38)56(89)79-46(34-41-19-13-29-96-41)54(87)78-45(61(94)95)23-11-27-74-64(70)71)59(92)51(32-39-17-7-4-8-18-39)81(2)57(90)47(35-42-20-14-30-97-42)76-52(85)36-75-55(88)50-33-40(84)37-83(50)60(93)48-24-12-28-82(48)58(91)44(22-10-26-73-63(68)69)77-53(86)43(65)21-9-25-72-62(66)67/h3-8,13-20,29-30,40,43-51,84H,9-12,21-28,31-37,65H2,1-2H3,(H,75,88)(H,76,85)(H,77,86)(H,78,87)(H,79,89)(H,94,95)(H4,66,67,72)(H4,68,69,73)(H4,70,71,74)/t40-,43-,44+,45+,46+,47+,48+,49-,50+,51+/m1/s1. The van der Waals surface area contributed by atoms with Crippen molar-refractivity contribution in [2.75, 3.05) is 53.4 Å². The van der Waals surface area contributed by atoms with Crippen LogP contribution in [0.3, 0.4) is 0 Å². The number of likely N-dealkylation sites (tertiary alicyclic amines) is 2. The largest absolute Gasteiger partial charge is 0.480 e. The lowest BCUT2D eigenvalue weighted by molar-refractivity contribution is -0.149. The van der Waals surface area contributed by atoms with Gasteiger partial charge in [-0.05, 0) is 85.4 Å². The maximum absolute atomic E-state index is 15.4. The average molecular weight is 1380 g/mol. The van der Waals surface area contributed by atoms with Crippen LogP contribution in [0.5, 0.6) is 0 Å². The minimum atomic E-state index is -1.38. The third-order valence-electron chi connectivity index (χ3n) is 16.5. The number of carboxylic acids is 1. The highest BCUT2D eigenvalue weighted by Crippen LogP contribution is 2.27. The van der Waals surface area contributed by atoms with Gasteiger partial charge in [-0.15, -0.1) is 22.7 Å². The summed E-state index contributed by atoms with van der Waals surface area (Å²) >= 11 is 2.62. The predicted octanol–water partition coefficient (Wildman–Crippen LogP) is -2.68. The summed E-state index contributed by atoms with van der Waals surface area (Å²) in [5.74, 6) is -8.27. The maximum Gasteiger partial charge on any atom is 0.326 e. The lowest BCUT2D eigenvalue weighted by Crippen LogP contribution is -2.60. The van der Waals surface area contributed by atoms with Gasteiger partial charge in [-0.1, -0.05) is 72.8 Å². The fourth-order valence-corrected chi connectivity index (χ4v) is 12.9. The molecule has 2 fully saturated rings. The number of amides is 9. The normalized spacial score (nSPS) is 17.1. The molecule has 9 amide bonds. The second-order valence-electron chi connectivity index (χ2n) is 23.8. The molecule has 4 heterocycles. The molecule has 0 saturated carbocycles. The minimum Gasteiger partial charge on any atom is -0.480 e. The summed E-state index contributed by atoms with van der Waals surface area (Å²) in [4.78, 5) is 161. The monoisotopic (exact) mass is 1380 g/mol. The summed E-state index contributed by atoms with van der Waals surface area (Å²) in [6.45, 7) is -0.401. The van der Waals surface area contributed by atoms with Gasteiger partial charge in [0.1, 0.15) is 48.3 Å². The first-order valence-electron chi connectivity index (χ1n) is 31.9. The number of aliphatic hydroxyl groups is 1. The highest BCUT2D eigenvalue weighted by atomic mass is 32.1. The van der Waals surface area contributed by atoms with Gasteiger partial charge in [0.25, 0.3) is 0 Å². The van der Waals surface area contributed by atoms with Crippen molar-refractivity contribution < 1.29 is 58.2 Å². The Labute approximate surface area is 570 Å². The van der Waals surface area contributed by atoms with Crippen molar-refractivity contribution in [3.8, 4) is 0 Å². The first-order valence-corrected chi connectivity index (χ1v) is 33.6. The molecule has 31 nitrogen and oxygen atoms in total. The fraction of sp³-hybridized carbons (Fsp3) is 0.484. The molecule has 2 aliphatic rings. The topological polar surface area (TPSA) is 503 Å². The van der Waals surface area contributed by atoms with Gasteiger partial charge in [0.15, 0.2) is 17.9 Å². The number of carboxylic acid groups (broad SMARTS) is 1. The van der Waals surface area contributed by atoms with Gasteiger partial charge in [0, 0.05) is 88.7 Å². The second-order valence-corrected chi connectivity index (χ2v) is 25.8. The molecule has 6 rings (SSSR count). The number of aliphatic carboxylic acids is 1. The SMILES string of the molecule is CN(C(=O)[C@H](Cc1ccccc1)N(C)C(=O)[C@H](Cc1cccs1)NC(=O)CNC(=O)[C@@H]1C[C@@H](O)CN1C(=O)[C@@H]1CCCN1C(=O)[C@H](CCCN=C(N)N)NC(=O)[C@H](N)CCCN=C(N)N)[C@H](Cc1ccccc1)C(=O)N[C@@H](Cc1cccs1)C(=O)N[C@@H](CCCN=C(N)N)C(=O)O. The number of β-amino-alcohol motifs (C(OH)–C–C–N with tert-alkyl or cyclic N) is 1. The quantitative estimate of drug-likeness (QED) is 0.0124. The molecular weight excluding hydrogens is 1290 g/mol. The lowest BCUT2D eigenvalue weighted by Gasteiger charge is -2.36. The number of likely N-dealkylation sites (N-methyl/N-ethyl adjacent to an activating group) is 2. The predicted molar refractivity (Wildman–Crippen MR) is 366 cm³/mol. The van der Waals surface area contributed by atoms with Gasteiger partial charge < -0.3 is 96.5 Å². The number of aliphatic imine (C=N–C) groups is 3. The van der Waals surface area contributed by atoms with Crippen LogP contribution in [0.4, 0.5) is 0 Å². The van der Waals surface area contributed by atoms with E-state index in [0.29, 0.717) is 33.7 Å². The van der Waals surface area contributed by atoms with Crippen LogP contribution in [0.15, 0.2) is 111 Å². The second kappa shape index (κ2) is 38.1. The Morgan fingerprint density at radius 1 is 0.577 bits per heavy atom. The molecule has 0 aliphatic carbocycles. The summed E-state index contributed by atoms with van der Waals surface area (Å²) < 4.78 is 0. The Morgan fingerprint density at radius 2 is 1.08 bits per heavy atom. The van der Waals surface area contributed by atoms with Crippen molar-refractivity contribution in [1.82, 2.24) is 46.2 Å². The number of nitrogens with two attached hydrogens (primary N) is 7. The molecule has 0 spiro atoms. The molecule has 0 unspecified atom stereocenters. The van der Waals surface area contributed by atoms with E-state index in [1.807, 2.05) is 0 Å². The zero-order valence-electron chi connectivity index (χ0n) is 54.4. The number of nitrogens with one attached hydrogen (secondary N) is 5. The molecular formula is C64H91N19O12S2. The first-order chi connectivity index (χ1) is 46.3. The number of aliphatic hydroxyl groups excluding tert-OH is 1. The summed E-state index contributed by atoms with van der Waals surface area (Å²) in [5.41, 5.74) is 40.2. The Bertz CT molecular complexity index is 3370. The fourth-order valence-electron chi connectivity index (χ4n) is 11.4. The van der Waals surface area contributed by atoms with E-state index in [9.17, 15) is 48.6 Å². The minimum absolute atomic E-state index is 0.0374. The number of carbonyl (C=O) groups is 10. The average Bonchev–Trinajstić information content (AvgIpc) is 1.72. The Morgan fingerprint density at radius 3 is 1.62 bits per heavy atom. The van der Waals surface area contributed by atoms with E-state index in [1.165, 1.54) is 56.4 Å². The molecule has 33 heteroatoms. The van der Waals surface area contributed by atoms with Crippen LogP contribution in [0.1, 0.15) is 78.7 Å². The van der Waals surface area contributed by atoms with Crippen molar-refractivity contribution in [3.63, 3.8) is 0 Å². The molecule has 2 saturated heterocycles. The van der Waals surface area contributed by atoms with Gasteiger partial charge in [0.2, 0.25) is 53.2 Å². The van der Waals surface area contributed by atoms with E-state index in [1.54, 1.807) is 95.7 Å². The first kappa shape index (κ1) is 76.3. The summed E-state index contributed by atoms with van der Waals surface area (Å²) in [6.07, 6.45) is 0.0193. The zero-order valence-corrected chi connectivity index (χ0v) is 56.0. The van der Waals surface area contributed by atoms with Crippen molar-refractivity contribution in [1.29, 1.82) is 0 Å². The highest BCUT2D eigenvalue weighted by Gasteiger charge is 2.46. The molecule has 2 aromatic heterocycles. The van der Waals surface area contributed by atoms with E-state index in [2.05, 4.69) is 41.6 Å². The van der Waals surface area contributed by atoms with Crippen LogP contribution >= 0.6 is 22.7 Å². The van der Waals surface area contributed by atoms with E-state index in [-0.39, 0.29) is 121 Å². The molecule has 2 aromatic carbocycles. The molecule has 526 valence electrons. The van der Waals surface area contributed by atoms with E-state index >= 15 is 9.59 Å². The zero-order chi connectivity index (χ0) is 70.7. The van der Waals surface area contributed by atoms with Crippen molar-refractivity contribution in [2.24, 2.45) is 55.1 Å². The molecule has 97 heavy (non-hydrogen) atoms. The number of nitrogens with zero attached hydrogens (tertiary/aromatic N) is 7. The molecule has 0 bridgehead atoms. The number of benzene rings is 2. The summed E-state index contributed by atoms with van der Waals surface area (Å²) in [5, 5.41) is 38.1. The molecule has 0 radical (unpaired) electrons. The number of rotatable bonds is 37. The third kappa shape index (κ3) is 23.9. The Kier molecular flexibility index (Phi) is 30.0. The van der Waals surface area contributed by atoms with Crippen LogP contribution in [0.2, 0.25) is 0 Å². The Hall–Kier alpha value is -9.73. The summed E-state index contributed by atoms with van der Waals surface area (Å²) in [7, 11) is 2.81. The van der Waals surface area contributed by atoms with Crippen LogP contribution < -0.4 is 66.7 Å². The van der Waals surface area contributed by atoms with E-state index < -0.39 is 126 Å². The number of thiophene rings is 2. The van der Waals surface area contributed by atoms with Crippen LogP contribution in [0.25, 0.3) is 0 Å². The molecule has 4 aromatic rings. The van der Waals surface area contributed by atoms with E-state index in [0.717, 1.165) is 0 Å². The van der Waals surface area contributed by atoms with Crippen LogP contribution in [0, 0.1) is 0 Å². The third-order valence-corrected chi connectivity index (χ3v) is 18.3. The maximum atomic E-state index is 15.4. The molecule has 2 aliphatic heterocycles. The Balaban J connectivity index is 1.20. The summed E-state index contributed by atoms with van der Waals surface area (Å²) in [6, 6.07) is 13.3. The van der Waals surface area contributed by atoms with Crippen LogP contribution in [-0.4, -0.2) is 221 Å². The number of carbonyl (C=O) groups excluding carboxylic acids is 9. The van der Waals surface area contributed by atoms with Crippen molar-refractivity contribution >= 4 is 99.7 Å². The van der Waals surface area contributed by atoms with Crippen molar-refractivity contribution in [3.05, 3.63) is 117 Å². The molecule has 21 N–H and O–H groups in total. The van der Waals surface area contributed by atoms with Gasteiger partial charge in [-0.3, -0.25) is 58.1 Å². The smallest absolute Gasteiger partial charge is 0.326 e. The number of guanidine groups is 3. The highest BCUT2D eigenvalue weighted by molar-refractivity contribution is 7.10. The number of hydrogen-bond acceptors (Lipinski definition) is 17. The van der Waals surface area contributed by atoms with Gasteiger partial charge in [-0.25, -0.2) is 4.79 Å². The van der Waals surface area contributed by atoms with E-state index in [4.69, 9.17) is 40.1 Å². The van der Waals surface area contributed by atoms with Crippen LogP contribution in [-0.2, 0) is 73.6 Å². The van der Waals surface area contributed by atoms with Gasteiger partial charge >= 0.3 is 5.97 Å². The molecule has 10 atom stereocenters. The number of hydrogen-bond donors (Lipinski definition) is 14. The van der Waals surface area contributed by atoms with Gasteiger partial charge in [0.05, 0.1) is 18.7 Å².